The lowest BCUT2D eigenvalue weighted by molar-refractivity contribution is 0.1000. The Morgan fingerprint density at radius 3 is 2.19 bits per heavy atom. The summed E-state index contributed by atoms with van der Waals surface area (Å²) in [5, 5.41) is 0. The Kier molecular flexibility index (Phi) is 7.39. The lowest BCUT2D eigenvalue weighted by Crippen LogP contribution is -2.24. The minimum atomic E-state index is -5.17. The highest BCUT2D eigenvalue weighted by Crippen LogP contribution is 2.37. The molecule has 0 unspecified atom stereocenters. The summed E-state index contributed by atoms with van der Waals surface area (Å²) in [5.41, 5.74) is 5.73. The summed E-state index contributed by atoms with van der Waals surface area (Å²) < 4.78 is 39.8. The molecule has 8 nitrogen and oxygen atoms in total. The van der Waals surface area contributed by atoms with Crippen LogP contribution in [-0.2, 0) is 10.4 Å². The van der Waals surface area contributed by atoms with E-state index in [-0.39, 0.29) is 0 Å². The molecule has 2 atom stereocenters. The van der Waals surface area contributed by atoms with Crippen molar-refractivity contribution in [3.63, 3.8) is 0 Å². The first kappa shape index (κ1) is 20.6. The van der Waals surface area contributed by atoms with Gasteiger partial charge >= 0.3 is 0 Å². The third-order valence-corrected chi connectivity index (χ3v) is 4.83. The van der Waals surface area contributed by atoms with Gasteiger partial charge in [-0.2, -0.15) is 0 Å². The number of rotatable bonds is 6. The molecular formula is C17H24N2O6S-2. The van der Waals surface area contributed by atoms with Crippen LogP contribution >= 0.6 is 0 Å². The van der Waals surface area contributed by atoms with Gasteiger partial charge in [-0.05, 0) is 55.4 Å². The maximum Gasteiger partial charge on any atom is 0.248 e. The molecule has 1 aliphatic heterocycles. The number of fused-ring (bicyclic) bond motifs is 1. The number of nitrogens with zero attached hydrogens (tertiary/aromatic N) is 1. The molecule has 146 valence electrons. The van der Waals surface area contributed by atoms with Gasteiger partial charge in [0.05, 0.1) is 6.61 Å². The van der Waals surface area contributed by atoms with Crippen LogP contribution in [0.25, 0.3) is 0 Å². The van der Waals surface area contributed by atoms with E-state index in [2.05, 4.69) is 4.90 Å². The van der Waals surface area contributed by atoms with E-state index in [0.717, 1.165) is 37.2 Å². The molecule has 2 fully saturated rings. The molecule has 2 N–H and O–H groups in total. The van der Waals surface area contributed by atoms with Crippen molar-refractivity contribution in [1.29, 1.82) is 0 Å². The number of nitrogens with two attached hydrogens (primary N) is 1. The molecule has 0 aromatic heterocycles. The third-order valence-electron chi connectivity index (χ3n) is 4.83. The fourth-order valence-electron chi connectivity index (χ4n) is 3.71. The summed E-state index contributed by atoms with van der Waals surface area (Å²) in [4.78, 5) is 13.6. The second-order valence-corrected chi connectivity index (χ2v) is 7.53. The second-order valence-electron chi connectivity index (χ2n) is 6.71. The lowest BCUT2D eigenvalue weighted by Gasteiger charge is -2.16. The zero-order valence-corrected chi connectivity index (χ0v) is 15.3. The quantitative estimate of drug-likeness (QED) is 0.438. The van der Waals surface area contributed by atoms with Crippen molar-refractivity contribution in [1.82, 2.24) is 4.90 Å². The largest absolute Gasteiger partial charge is 0.759 e. The van der Waals surface area contributed by atoms with Gasteiger partial charge in [0.15, 0.2) is 0 Å². The van der Waals surface area contributed by atoms with E-state index >= 15 is 0 Å². The van der Waals surface area contributed by atoms with Crippen molar-refractivity contribution in [2.24, 2.45) is 17.6 Å². The summed E-state index contributed by atoms with van der Waals surface area (Å²) >= 11 is 0. The average Bonchev–Trinajstić information content (AvgIpc) is 3.11. The topological polar surface area (TPSA) is 136 Å². The van der Waals surface area contributed by atoms with E-state index in [1.807, 2.05) is 0 Å². The average molecular weight is 384 g/mol. The molecule has 2 aliphatic rings. The van der Waals surface area contributed by atoms with Crippen molar-refractivity contribution in [2.75, 3.05) is 26.2 Å². The summed E-state index contributed by atoms with van der Waals surface area (Å²) in [6.07, 6.45) is 5.36. The van der Waals surface area contributed by atoms with Crippen molar-refractivity contribution in [3.05, 3.63) is 29.8 Å². The number of carbonyl (C=O) groups excluding carboxylic acids is 1. The van der Waals surface area contributed by atoms with Gasteiger partial charge in [-0.25, -0.2) is 0 Å². The number of likely N-dealkylation sites (tertiary alicyclic amines) is 1. The Morgan fingerprint density at radius 2 is 1.69 bits per heavy atom. The van der Waals surface area contributed by atoms with Crippen LogP contribution in [0.15, 0.2) is 24.3 Å². The smallest absolute Gasteiger partial charge is 0.248 e. The van der Waals surface area contributed by atoms with Crippen LogP contribution in [0.2, 0.25) is 0 Å². The summed E-state index contributed by atoms with van der Waals surface area (Å²) in [7, 11) is -5.17. The van der Waals surface area contributed by atoms with E-state index in [9.17, 15) is 4.79 Å². The van der Waals surface area contributed by atoms with Crippen LogP contribution in [0, 0.1) is 11.8 Å². The maximum absolute atomic E-state index is 11.0. The monoisotopic (exact) mass is 384 g/mol. The molecule has 1 amide bonds. The molecule has 0 radical (unpaired) electrons. The Morgan fingerprint density at radius 1 is 1.15 bits per heavy atom. The van der Waals surface area contributed by atoms with Crippen LogP contribution in [0.3, 0.4) is 0 Å². The number of hydrogen-bond acceptors (Lipinski definition) is 7. The van der Waals surface area contributed by atoms with Crippen LogP contribution < -0.4 is 10.5 Å². The molecule has 1 aromatic carbocycles. The van der Waals surface area contributed by atoms with Gasteiger partial charge in [0.1, 0.15) is 5.75 Å². The van der Waals surface area contributed by atoms with Gasteiger partial charge in [0.2, 0.25) is 5.91 Å². The first-order valence-electron chi connectivity index (χ1n) is 8.64. The van der Waals surface area contributed by atoms with E-state index in [4.69, 9.17) is 28.0 Å². The van der Waals surface area contributed by atoms with E-state index < -0.39 is 16.3 Å². The highest BCUT2D eigenvalue weighted by molar-refractivity contribution is 7.79. The van der Waals surface area contributed by atoms with Gasteiger partial charge in [-0.15, -0.1) is 0 Å². The summed E-state index contributed by atoms with van der Waals surface area (Å²) in [6.45, 7) is 4.43. The molecule has 0 spiro atoms. The maximum atomic E-state index is 11.0. The normalized spacial score (nSPS) is 22.4. The molecule has 26 heavy (non-hydrogen) atoms. The van der Waals surface area contributed by atoms with Crippen molar-refractivity contribution >= 4 is 16.3 Å². The number of hydrogen-bond donors (Lipinski definition) is 1. The van der Waals surface area contributed by atoms with Crippen LogP contribution in [0.1, 0.15) is 36.0 Å². The summed E-state index contributed by atoms with van der Waals surface area (Å²) in [5.74, 6) is 2.33. The van der Waals surface area contributed by atoms with Gasteiger partial charge in [0.25, 0.3) is 0 Å². The molecule has 1 heterocycles. The number of carbonyl (C=O) groups is 1. The molecule has 1 saturated heterocycles. The predicted octanol–water partition coefficient (Wildman–Crippen LogP) is 0.948. The molecule has 0 bridgehead atoms. The Hall–Kier alpha value is -1.68. The molecular weight excluding hydrogens is 360 g/mol. The molecule has 9 heteroatoms. The SMILES string of the molecule is NC(=O)c1ccc(OCCCN2C[C@H]3CCC[C@H]3C2)cc1.O=S(=O)([O-])[O-]. The minimum absolute atomic E-state index is 0.402. The number of ether oxygens (including phenoxy) is 1. The molecule has 1 aliphatic carbocycles. The predicted molar refractivity (Wildman–Crippen MR) is 92.8 cm³/mol. The van der Waals surface area contributed by atoms with Crippen LogP contribution in [0.5, 0.6) is 5.75 Å². The van der Waals surface area contributed by atoms with Gasteiger partial charge in [0, 0.05) is 35.6 Å². The molecule has 1 aromatic rings. The number of amides is 1. The van der Waals surface area contributed by atoms with Crippen molar-refractivity contribution < 1.29 is 27.1 Å². The van der Waals surface area contributed by atoms with Crippen LogP contribution in [-0.4, -0.2) is 54.6 Å². The Labute approximate surface area is 153 Å². The fourth-order valence-corrected chi connectivity index (χ4v) is 3.71. The Bertz CT molecular complexity index is 672. The minimum Gasteiger partial charge on any atom is -0.759 e. The highest BCUT2D eigenvalue weighted by Gasteiger charge is 2.35. The van der Waals surface area contributed by atoms with E-state index in [0.29, 0.717) is 5.56 Å². The van der Waals surface area contributed by atoms with E-state index in [1.165, 1.54) is 32.4 Å². The zero-order valence-electron chi connectivity index (χ0n) is 14.5. The fraction of sp³-hybridized carbons (Fsp3) is 0.588. The van der Waals surface area contributed by atoms with Gasteiger partial charge in [-0.3, -0.25) is 13.2 Å². The third kappa shape index (κ3) is 7.28. The lowest BCUT2D eigenvalue weighted by atomic mass is 10.0. The zero-order chi connectivity index (χ0) is 19.2. The first-order valence-corrected chi connectivity index (χ1v) is 9.97. The summed E-state index contributed by atoms with van der Waals surface area (Å²) in [6, 6.07) is 7.03. The number of benzene rings is 1. The van der Waals surface area contributed by atoms with Crippen LogP contribution in [0.4, 0.5) is 0 Å². The first-order chi connectivity index (χ1) is 12.2. The molecule has 1 saturated carbocycles. The van der Waals surface area contributed by atoms with Crippen molar-refractivity contribution in [2.45, 2.75) is 25.7 Å². The highest BCUT2D eigenvalue weighted by atomic mass is 32.3. The van der Waals surface area contributed by atoms with Gasteiger partial charge < -0.3 is 24.5 Å². The number of primary amides is 1. The standard InChI is InChI=1S/C17H24N2O2.H2O4S/c18-17(20)13-5-7-16(8-6-13)21-10-2-9-19-11-14-3-1-4-15(14)12-19;1-5(2,3)4/h5-8,14-15H,1-4,9-12H2,(H2,18,20);(H2,1,2,3,4)/p-2/t14-,15+;. The van der Waals surface area contributed by atoms with Crippen molar-refractivity contribution in [3.8, 4) is 5.75 Å². The Balaban J connectivity index is 0.000000431. The van der Waals surface area contributed by atoms with E-state index in [1.54, 1.807) is 24.3 Å². The van der Waals surface area contributed by atoms with Gasteiger partial charge in [-0.1, -0.05) is 6.42 Å². The molecule has 3 rings (SSSR count). The second kappa shape index (κ2) is 9.31.